The molecule has 138 heavy (non-hydrogen) atoms. The molecule has 30 aromatic rings. The van der Waals surface area contributed by atoms with Crippen molar-refractivity contribution in [2.75, 3.05) is 0 Å². The van der Waals surface area contributed by atoms with Gasteiger partial charge in [-0.25, -0.2) is 0 Å². The molecular formula is C132H84N6. The van der Waals surface area contributed by atoms with Gasteiger partial charge < -0.3 is 27.4 Å². The minimum absolute atomic E-state index is 1.17. The monoisotopic (exact) mass is 1750 g/mol. The molecule has 0 spiro atoms. The third kappa shape index (κ3) is 12.4. The van der Waals surface area contributed by atoms with Crippen molar-refractivity contribution in [3.8, 4) is 67.5 Å². The topological polar surface area (TPSA) is 29.6 Å². The maximum atomic E-state index is 2.42. The van der Waals surface area contributed by atoms with Gasteiger partial charge in [-0.2, -0.15) is 0 Å². The molecular weight excluding hydrogens is 1670 g/mol. The average molecular weight is 1750 g/mol. The predicted molar refractivity (Wildman–Crippen MR) is 587 cm³/mol. The second-order valence-electron chi connectivity index (χ2n) is 36.5. The average Bonchev–Trinajstić information content (AvgIpc) is 1.61. The van der Waals surface area contributed by atoms with E-state index in [0.717, 1.165) is 0 Å². The van der Waals surface area contributed by atoms with Crippen LogP contribution in [0.1, 0.15) is 0 Å². The van der Waals surface area contributed by atoms with E-state index in [4.69, 9.17) is 0 Å². The summed E-state index contributed by atoms with van der Waals surface area (Å²) in [6.45, 7) is 0. The quantitative estimate of drug-likeness (QED) is 0.138. The van der Waals surface area contributed by atoms with Crippen LogP contribution in [-0.4, -0.2) is 27.4 Å². The molecule has 0 N–H and O–H groups in total. The molecule has 6 heterocycles. The van der Waals surface area contributed by atoms with E-state index in [9.17, 15) is 0 Å². The van der Waals surface area contributed by atoms with Gasteiger partial charge in [0.25, 0.3) is 0 Å². The van der Waals surface area contributed by atoms with Gasteiger partial charge in [0.1, 0.15) is 0 Å². The third-order valence-electron chi connectivity index (χ3n) is 29.0. The lowest BCUT2D eigenvalue weighted by Gasteiger charge is -2.10. The number of para-hydroxylation sites is 9. The molecule has 0 saturated carbocycles. The molecule has 0 bridgehead atoms. The molecule has 0 fully saturated rings. The van der Waals surface area contributed by atoms with Gasteiger partial charge >= 0.3 is 0 Å². The minimum atomic E-state index is 1.17. The molecule has 0 aliphatic rings. The molecule has 0 aliphatic carbocycles. The Labute approximate surface area is 794 Å². The van der Waals surface area contributed by atoms with E-state index < -0.39 is 0 Å². The van der Waals surface area contributed by atoms with E-state index >= 15 is 0 Å². The first-order valence-electron chi connectivity index (χ1n) is 47.6. The molecule has 0 saturated heterocycles. The summed E-state index contributed by atoms with van der Waals surface area (Å²) in [7, 11) is 0. The van der Waals surface area contributed by atoms with E-state index in [-0.39, 0.29) is 0 Å². The van der Waals surface area contributed by atoms with E-state index in [0.29, 0.717) is 0 Å². The normalized spacial score (nSPS) is 11.9. The Bertz CT molecular complexity index is 10200. The second-order valence-corrected chi connectivity index (χ2v) is 36.5. The van der Waals surface area contributed by atoms with Gasteiger partial charge in [-0.1, -0.05) is 340 Å². The van der Waals surface area contributed by atoms with Crippen molar-refractivity contribution in [3.05, 3.63) is 510 Å². The molecule has 0 unspecified atom stereocenters. The highest BCUT2D eigenvalue weighted by Crippen LogP contribution is 2.48. The summed E-state index contributed by atoms with van der Waals surface area (Å²) < 4.78 is 14.4. The Balaban J connectivity index is 0.000000102. The summed E-state index contributed by atoms with van der Waals surface area (Å²) in [5.41, 5.74) is 29.1. The van der Waals surface area contributed by atoms with Crippen LogP contribution in [0.15, 0.2) is 510 Å². The van der Waals surface area contributed by atoms with Crippen LogP contribution in [0.25, 0.3) is 263 Å². The Morgan fingerprint density at radius 3 is 0.616 bits per heavy atom. The Hall–Kier alpha value is -18.4. The lowest BCUT2D eigenvalue weighted by molar-refractivity contribution is 1.18. The van der Waals surface area contributed by atoms with Crippen molar-refractivity contribution < 1.29 is 0 Å². The van der Waals surface area contributed by atoms with Crippen LogP contribution in [-0.2, 0) is 0 Å². The summed E-state index contributed by atoms with van der Waals surface area (Å²) in [6.07, 6.45) is 0. The highest BCUT2D eigenvalue weighted by molar-refractivity contribution is 6.28. The lowest BCUT2D eigenvalue weighted by Crippen LogP contribution is -1.93. The van der Waals surface area contributed by atoms with Gasteiger partial charge in [-0.05, 0) is 268 Å². The van der Waals surface area contributed by atoms with Crippen LogP contribution >= 0.6 is 0 Å². The van der Waals surface area contributed by atoms with Crippen LogP contribution in [0.3, 0.4) is 0 Å². The number of hydrogen-bond donors (Lipinski definition) is 0. The molecule has 24 aromatic carbocycles. The molecule has 642 valence electrons. The zero-order chi connectivity index (χ0) is 90.6. The van der Waals surface area contributed by atoms with Crippen molar-refractivity contribution in [1.29, 1.82) is 0 Å². The number of rotatable bonds is 9. The van der Waals surface area contributed by atoms with Crippen LogP contribution in [0.4, 0.5) is 0 Å². The molecule has 0 atom stereocenters. The van der Waals surface area contributed by atoms with Crippen molar-refractivity contribution >= 4 is 195 Å². The van der Waals surface area contributed by atoms with E-state index in [1.807, 2.05) is 0 Å². The fourth-order valence-corrected chi connectivity index (χ4v) is 23.0. The molecule has 6 aromatic heterocycles. The Morgan fingerprint density at radius 1 is 0.0942 bits per heavy atom. The van der Waals surface area contributed by atoms with E-state index in [2.05, 4.69) is 537 Å². The van der Waals surface area contributed by atoms with Gasteiger partial charge in [-0.3, -0.25) is 0 Å². The van der Waals surface area contributed by atoms with Gasteiger partial charge in [0, 0.05) is 98.8 Å². The first kappa shape index (κ1) is 78.3. The summed E-state index contributed by atoms with van der Waals surface area (Å²) in [6, 6.07) is 186. The molecule has 0 aliphatic heterocycles. The fourth-order valence-electron chi connectivity index (χ4n) is 23.0. The molecule has 6 heteroatoms. The molecule has 0 amide bonds. The van der Waals surface area contributed by atoms with Crippen molar-refractivity contribution in [3.63, 3.8) is 0 Å². The zero-order valence-corrected chi connectivity index (χ0v) is 75.2. The first-order valence-corrected chi connectivity index (χ1v) is 47.6. The molecule has 0 radical (unpaired) electrons. The summed E-state index contributed by atoms with van der Waals surface area (Å²) in [5, 5.41) is 30.7. The smallest absolute Gasteiger partial charge is 0.0547 e. The van der Waals surface area contributed by atoms with Crippen molar-refractivity contribution in [2.45, 2.75) is 0 Å². The number of nitrogens with zero attached hydrogens (tertiary/aromatic N) is 6. The first-order chi connectivity index (χ1) is 68.5. The summed E-state index contributed by atoms with van der Waals surface area (Å²) in [5.74, 6) is 0. The highest BCUT2D eigenvalue weighted by Gasteiger charge is 2.25. The number of benzene rings is 24. The van der Waals surface area contributed by atoms with Gasteiger partial charge in [0.05, 0.1) is 66.2 Å². The zero-order valence-electron chi connectivity index (χ0n) is 75.2. The van der Waals surface area contributed by atoms with Crippen molar-refractivity contribution in [2.24, 2.45) is 0 Å². The fraction of sp³-hybridized carbons (Fsp3) is 0. The number of fused-ring (bicyclic) bond motifs is 30. The van der Waals surface area contributed by atoms with Gasteiger partial charge in [0.15, 0.2) is 0 Å². The second kappa shape index (κ2) is 31.7. The van der Waals surface area contributed by atoms with Crippen molar-refractivity contribution in [1.82, 2.24) is 27.4 Å². The van der Waals surface area contributed by atoms with E-state index in [1.54, 1.807) is 0 Å². The predicted octanol–water partition coefficient (Wildman–Crippen LogP) is 35.6. The lowest BCUT2D eigenvalue weighted by atomic mass is 9.96. The maximum absolute atomic E-state index is 2.42. The van der Waals surface area contributed by atoms with Crippen LogP contribution in [0.5, 0.6) is 0 Å². The highest BCUT2D eigenvalue weighted by atomic mass is 15.0. The number of hydrogen-bond acceptors (Lipinski definition) is 0. The standard InChI is InChI=1S/3C44H28N2/c1-3-12-33(13-4-1)45-39-18-10-9-17-37(39)43-36-23-19-30(27-32(36)22-26-41(43)45)31-21-24-40-38(28-31)44-35-16-8-7-11-29(35)20-25-42(44)46(40)34-14-5-2-6-15-34;1-3-12-33(13-4-1)45-39-18-10-9-17-37(39)44-36-23-19-30(27-32(36)22-26-40(44)45)31-20-24-38-42(28-31)46(34-14-5-2-6-15-34)41-25-21-29-11-7-8-16-35(29)43(38)41;1-3-12-33(13-4-1)45-39-18-10-9-17-36(39)44-38-27-31(20-19-30(38)23-26-41(44)45)32-21-24-37-42(28-32)46(34-14-5-2-6-15-34)40-25-22-29-11-7-8-16-35(29)43(37)40/h3*1-28H. The van der Waals surface area contributed by atoms with Crippen LogP contribution < -0.4 is 0 Å². The number of aromatic nitrogens is 6. The third-order valence-corrected chi connectivity index (χ3v) is 29.0. The SMILES string of the molecule is c1ccc(-n2c3ccccc3c3c4cc(-c5ccc6c7c8ccccc8ccc7n(-c7ccccc7)c6c5)ccc4ccc32)cc1.c1ccc(-n2c3ccccc3c3c4ccc(-c5ccc6c(c5)c5c7ccccc7ccc5n6-c5ccccc5)cc4ccc32)cc1.c1ccc(-n2c3ccccc3c3c4ccc(-c5ccc6c7c8ccccc8ccc7n(-c7ccccc7)c6c5)cc4ccc32)cc1. The molecule has 6 nitrogen and oxygen atoms in total. The van der Waals surface area contributed by atoms with Crippen LogP contribution in [0, 0.1) is 0 Å². The minimum Gasteiger partial charge on any atom is -0.309 e. The molecule has 30 rings (SSSR count). The van der Waals surface area contributed by atoms with Crippen LogP contribution in [0.2, 0.25) is 0 Å². The maximum Gasteiger partial charge on any atom is 0.0547 e. The van der Waals surface area contributed by atoms with Gasteiger partial charge in [-0.15, -0.1) is 0 Å². The summed E-state index contributed by atoms with van der Waals surface area (Å²) >= 11 is 0. The van der Waals surface area contributed by atoms with Gasteiger partial charge in [0.2, 0.25) is 0 Å². The summed E-state index contributed by atoms with van der Waals surface area (Å²) in [4.78, 5) is 0. The van der Waals surface area contributed by atoms with E-state index in [1.165, 1.54) is 263 Å². The largest absolute Gasteiger partial charge is 0.309 e. The Kier molecular flexibility index (Phi) is 18.0. The Morgan fingerprint density at radius 2 is 0.283 bits per heavy atom.